The van der Waals surface area contributed by atoms with Crippen molar-refractivity contribution in [2.24, 2.45) is 18.0 Å². The maximum absolute atomic E-state index is 15.2. The molecule has 4 amide bonds. The average molecular weight is 848 g/mol. The number of carbonyl (C=O) groups is 4. The van der Waals surface area contributed by atoms with Gasteiger partial charge in [0, 0.05) is 74.1 Å². The molecule has 6 heterocycles. The number of fused-ring (bicyclic) bond motifs is 7. The third-order valence-electron chi connectivity index (χ3n) is 12.7. The fraction of sp³-hybridized carbons (Fsp3) is 0.457. The number of imide groups is 1. The number of hydrogen-bond acceptors (Lipinski definition) is 10. The van der Waals surface area contributed by atoms with Crippen molar-refractivity contribution in [2.45, 2.75) is 89.6 Å². The number of piperidine rings is 2. The Morgan fingerprint density at radius 3 is 2.45 bits per heavy atom. The van der Waals surface area contributed by atoms with Gasteiger partial charge in [0.2, 0.25) is 23.7 Å². The molecular weight excluding hydrogens is 797 g/mol. The van der Waals surface area contributed by atoms with Gasteiger partial charge in [-0.2, -0.15) is 10.1 Å². The number of carbonyl (C=O) groups excluding carboxylic acids is 4. The van der Waals surface area contributed by atoms with Gasteiger partial charge in [-0.1, -0.05) is 6.92 Å². The average Bonchev–Trinajstić information content (AvgIpc) is 3.93. The summed E-state index contributed by atoms with van der Waals surface area (Å²) in [6.45, 7) is 7.12. The number of amides is 4. The first-order chi connectivity index (χ1) is 29.9. The van der Waals surface area contributed by atoms with E-state index in [4.69, 9.17) is 9.72 Å². The summed E-state index contributed by atoms with van der Waals surface area (Å²) in [5, 5.41) is 9.95. The number of anilines is 2. The summed E-state index contributed by atoms with van der Waals surface area (Å²) >= 11 is 0. The summed E-state index contributed by atoms with van der Waals surface area (Å²) in [6.07, 6.45) is 7.34. The van der Waals surface area contributed by atoms with E-state index in [0.29, 0.717) is 71.6 Å². The molecule has 3 fully saturated rings. The maximum Gasteiger partial charge on any atom is 0.280 e. The fourth-order valence-corrected chi connectivity index (χ4v) is 9.36. The van der Waals surface area contributed by atoms with E-state index in [2.05, 4.69) is 37.4 Å². The summed E-state index contributed by atoms with van der Waals surface area (Å²) in [6, 6.07) is 11.9. The van der Waals surface area contributed by atoms with Gasteiger partial charge >= 0.3 is 0 Å². The number of aromatic nitrogens is 3. The standard InChI is InChI=1S/C46H51F2N9O5/c1-26-5-4-18-62-45-34(24-49-54(45)3)38-22-30(19-27(2)50-38)42(59)53-46-51-37-10-6-29(23-39(37)56(46)25-26)44(61)57(31-7-8-31)32-13-16-55(17-14-32)15-12-28-20-35(47)41(36(48)21-28)33-9-11-40(58)52-43(33)60/h6,10,19-24,26,31-33H,4-5,7-9,11-18,25H2,1-3H3,(H,51,53,59)(H,52,58,60)/t26-,33-/m1/s1. The largest absolute Gasteiger partial charge is 0.477 e. The highest BCUT2D eigenvalue weighted by Gasteiger charge is 2.40. The number of likely N-dealkylation sites (tertiary alicyclic amines) is 1. The highest BCUT2D eigenvalue weighted by Crippen LogP contribution is 2.39. The van der Waals surface area contributed by atoms with Crippen LogP contribution in [0.25, 0.3) is 11.3 Å². The molecule has 5 aliphatic rings. The van der Waals surface area contributed by atoms with Crippen molar-refractivity contribution < 1.29 is 32.7 Å². The van der Waals surface area contributed by atoms with Gasteiger partial charge in [0.25, 0.3) is 11.8 Å². The van der Waals surface area contributed by atoms with Crippen LogP contribution in [0.2, 0.25) is 0 Å². The molecule has 14 nitrogen and oxygen atoms in total. The molecule has 2 N–H and O–H groups in total. The zero-order chi connectivity index (χ0) is 43.2. The predicted molar refractivity (Wildman–Crippen MR) is 228 cm³/mol. The Bertz CT molecular complexity index is 2450. The summed E-state index contributed by atoms with van der Waals surface area (Å²) in [5.41, 5.74) is 4.71. The Morgan fingerprint density at radius 1 is 0.952 bits per heavy atom. The highest BCUT2D eigenvalue weighted by atomic mass is 19.1. The SMILES string of the molecule is Cc1cc2cc(n1)-c1cnn(C)c1OCCC[C@@H](C)CN1/C(=N/C2=O)Nc2ccc(C(=O)N(C3CC3)C3CCN(CCc4cc(F)c([C@H]5CCC(=O)NC5=O)c(F)c4)CC3)cc21. The Balaban J connectivity index is 0.888. The lowest BCUT2D eigenvalue weighted by Crippen LogP contribution is -2.48. The van der Waals surface area contributed by atoms with Crippen molar-refractivity contribution >= 4 is 41.0 Å². The van der Waals surface area contributed by atoms with E-state index in [1.165, 1.54) is 12.1 Å². The molecule has 2 bridgehead atoms. The van der Waals surface area contributed by atoms with Crippen molar-refractivity contribution in [1.29, 1.82) is 0 Å². The van der Waals surface area contributed by atoms with Gasteiger partial charge in [-0.3, -0.25) is 29.5 Å². The number of halogens is 2. The number of aliphatic imine (C=N–C) groups is 1. The Kier molecular flexibility index (Phi) is 11.4. The zero-order valence-corrected chi connectivity index (χ0v) is 35.3. The Labute approximate surface area is 358 Å². The lowest BCUT2D eigenvalue weighted by Gasteiger charge is -2.39. The lowest BCUT2D eigenvalue weighted by atomic mass is 9.89. The topological polar surface area (TPSA) is 154 Å². The smallest absolute Gasteiger partial charge is 0.280 e. The molecule has 0 unspecified atom stereocenters. The predicted octanol–water partition coefficient (Wildman–Crippen LogP) is 6.14. The second-order valence-corrected chi connectivity index (χ2v) is 17.4. The first-order valence-corrected chi connectivity index (χ1v) is 21.7. The number of guanidine groups is 1. The molecule has 2 aromatic heterocycles. The molecule has 2 aromatic carbocycles. The van der Waals surface area contributed by atoms with Crippen LogP contribution >= 0.6 is 0 Å². The molecule has 2 saturated heterocycles. The fourth-order valence-electron chi connectivity index (χ4n) is 9.36. The van der Waals surface area contributed by atoms with E-state index in [-0.39, 0.29) is 42.3 Å². The van der Waals surface area contributed by atoms with Crippen LogP contribution in [0.3, 0.4) is 0 Å². The number of rotatable bonds is 7. The monoisotopic (exact) mass is 847 g/mol. The summed E-state index contributed by atoms with van der Waals surface area (Å²) in [5.74, 6) is -2.92. The number of nitrogens with zero attached hydrogens (tertiary/aromatic N) is 7. The molecule has 62 heavy (non-hydrogen) atoms. The van der Waals surface area contributed by atoms with E-state index in [9.17, 15) is 19.2 Å². The van der Waals surface area contributed by atoms with Crippen molar-refractivity contribution in [3.63, 3.8) is 0 Å². The molecule has 324 valence electrons. The first kappa shape index (κ1) is 41.3. The minimum Gasteiger partial charge on any atom is -0.477 e. The van der Waals surface area contributed by atoms with Crippen LogP contribution in [0.15, 0.2) is 53.7 Å². The normalized spacial score (nSPS) is 21.9. The minimum absolute atomic E-state index is 0.0188. The molecule has 1 aliphatic carbocycles. The van der Waals surface area contributed by atoms with Crippen LogP contribution < -0.4 is 20.3 Å². The number of benzene rings is 2. The third kappa shape index (κ3) is 8.44. The summed E-state index contributed by atoms with van der Waals surface area (Å²) in [7, 11) is 1.82. The van der Waals surface area contributed by atoms with E-state index in [1.54, 1.807) is 23.0 Å². The molecule has 2 atom stereocenters. The first-order valence-electron chi connectivity index (χ1n) is 21.7. The molecule has 0 spiro atoms. The molecule has 4 aliphatic heterocycles. The Hall–Kier alpha value is -6.03. The molecule has 1 saturated carbocycles. The molecule has 9 rings (SSSR count). The molecule has 4 aromatic rings. The van der Waals surface area contributed by atoms with Crippen LogP contribution in [0.5, 0.6) is 5.88 Å². The maximum atomic E-state index is 15.2. The van der Waals surface area contributed by atoms with Gasteiger partial charge in [-0.05, 0) is 112 Å². The van der Waals surface area contributed by atoms with Gasteiger partial charge < -0.3 is 24.8 Å². The summed E-state index contributed by atoms with van der Waals surface area (Å²) < 4.78 is 38.3. The van der Waals surface area contributed by atoms with Crippen molar-refractivity contribution in [3.05, 3.63) is 88.2 Å². The van der Waals surface area contributed by atoms with E-state index in [1.807, 2.05) is 37.1 Å². The number of nitrogens with one attached hydrogen (secondary N) is 2. The van der Waals surface area contributed by atoms with E-state index < -0.39 is 35.3 Å². The second kappa shape index (κ2) is 17.0. The summed E-state index contributed by atoms with van der Waals surface area (Å²) in [4.78, 5) is 67.9. The van der Waals surface area contributed by atoms with Crippen LogP contribution in [-0.4, -0.2) is 99.0 Å². The van der Waals surface area contributed by atoms with Gasteiger partial charge in [-0.15, -0.1) is 0 Å². The molecule has 0 radical (unpaired) electrons. The lowest BCUT2D eigenvalue weighted by molar-refractivity contribution is -0.134. The quantitative estimate of drug-likeness (QED) is 0.208. The van der Waals surface area contributed by atoms with Gasteiger partial charge in [0.05, 0.1) is 41.4 Å². The molecule has 16 heteroatoms. The number of hydrogen-bond donors (Lipinski definition) is 2. The number of ether oxygens (including phenoxy) is 1. The van der Waals surface area contributed by atoms with Crippen molar-refractivity contribution in [2.75, 3.05) is 43.0 Å². The van der Waals surface area contributed by atoms with Crippen LogP contribution in [0, 0.1) is 24.5 Å². The van der Waals surface area contributed by atoms with E-state index >= 15 is 8.78 Å². The number of pyridine rings is 1. The Morgan fingerprint density at radius 2 is 1.71 bits per heavy atom. The van der Waals surface area contributed by atoms with Crippen LogP contribution in [0.1, 0.15) is 102 Å². The van der Waals surface area contributed by atoms with E-state index in [0.717, 1.165) is 63.0 Å². The molecular formula is C46H51F2N9O5. The highest BCUT2D eigenvalue weighted by molar-refractivity contribution is 6.19. The van der Waals surface area contributed by atoms with Gasteiger partial charge in [0.1, 0.15) is 11.6 Å². The van der Waals surface area contributed by atoms with Crippen LogP contribution in [-0.2, 0) is 23.1 Å². The number of aryl methyl sites for hydroxylation is 2. The van der Waals surface area contributed by atoms with Gasteiger partial charge in [0.15, 0.2) is 0 Å². The van der Waals surface area contributed by atoms with Crippen LogP contribution in [0.4, 0.5) is 20.2 Å². The van der Waals surface area contributed by atoms with Crippen molar-refractivity contribution in [3.8, 4) is 17.1 Å². The zero-order valence-electron chi connectivity index (χ0n) is 35.3. The minimum atomic E-state index is -1.03. The second-order valence-electron chi connectivity index (χ2n) is 17.4. The van der Waals surface area contributed by atoms with Crippen molar-refractivity contribution in [1.82, 2.24) is 29.9 Å². The van der Waals surface area contributed by atoms with Gasteiger partial charge in [-0.25, -0.2) is 13.5 Å². The third-order valence-corrected chi connectivity index (χ3v) is 12.7.